The summed E-state index contributed by atoms with van der Waals surface area (Å²) >= 11 is 5.73. The van der Waals surface area contributed by atoms with Crippen LogP contribution in [-0.2, 0) is 4.74 Å². The molecule has 1 rings (SSSR count). The number of rotatable bonds is 6. The van der Waals surface area contributed by atoms with E-state index in [0.717, 1.165) is 0 Å². The van der Waals surface area contributed by atoms with E-state index in [1.54, 1.807) is 7.05 Å². The summed E-state index contributed by atoms with van der Waals surface area (Å²) in [5.74, 6) is 0.877. The van der Waals surface area contributed by atoms with E-state index in [0.29, 0.717) is 25.0 Å². The Balaban J connectivity index is 2.56. The van der Waals surface area contributed by atoms with Crippen molar-refractivity contribution in [3.05, 3.63) is 5.28 Å². The standard InChI is InChI=1S/C9H16ClN5O/c1-4-16-6(2)5-12-9-14-7(10)13-8(11-3)15-9/h6H,4-5H2,1-3H3,(H2,11,12,13,14,15). The molecule has 0 aliphatic heterocycles. The van der Waals surface area contributed by atoms with E-state index in [1.807, 2.05) is 13.8 Å². The second-order valence-electron chi connectivity index (χ2n) is 3.15. The molecule has 1 atom stereocenters. The monoisotopic (exact) mass is 245 g/mol. The molecular formula is C9H16ClN5O. The van der Waals surface area contributed by atoms with E-state index < -0.39 is 0 Å². The predicted molar refractivity (Wildman–Crippen MR) is 64.0 cm³/mol. The van der Waals surface area contributed by atoms with Crippen LogP contribution in [0.25, 0.3) is 0 Å². The van der Waals surface area contributed by atoms with Gasteiger partial charge in [-0.15, -0.1) is 0 Å². The highest BCUT2D eigenvalue weighted by Gasteiger charge is 2.05. The summed E-state index contributed by atoms with van der Waals surface area (Å²) in [6.07, 6.45) is 0.0959. The third-order valence-corrected chi connectivity index (χ3v) is 2.00. The maximum atomic E-state index is 5.73. The first-order valence-corrected chi connectivity index (χ1v) is 5.48. The summed E-state index contributed by atoms with van der Waals surface area (Å²) in [6.45, 7) is 5.23. The van der Waals surface area contributed by atoms with E-state index in [-0.39, 0.29) is 11.4 Å². The first-order valence-electron chi connectivity index (χ1n) is 5.10. The Hall–Kier alpha value is -1.14. The first kappa shape index (κ1) is 12.9. The summed E-state index contributed by atoms with van der Waals surface area (Å²) in [5.41, 5.74) is 0. The molecule has 1 aromatic rings. The summed E-state index contributed by atoms with van der Waals surface area (Å²) < 4.78 is 5.37. The van der Waals surface area contributed by atoms with Crippen molar-refractivity contribution in [3.63, 3.8) is 0 Å². The van der Waals surface area contributed by atoms with Gasteiger partial charge in [-0.3, -0.25) is 0 Å². The van der Waals surface area contributed by atoms with Crippen LogP contribution in [-0.4, -0.2) is 41.3 Å². The van der Waals surface area contributed by atoms with Gasteiger partial charge in [0.1, 0.15) is 0 Å². The van der Waals surface area contributed by atoms with Crippen molar-refractivity contribution in [2.75, 3.05) is 30.8 Å². The Labute approximate surface area is 99.8 Å². The largest absolute Gasteiger partial charge is 0.377 e. The molecule has 0 amide bonds. The highest BCUT2D eigenvalue weighted by Crippen LogP contribution is 2.08. The quantitative estimate of drug-likeness (QED) is 0.790. The van der Waals surface area contributed by atoms with Crippen LogP contribution < -0.4 is 10.6 Å². The topological polar surface area (TPSA) is 72.0 Å². The molecule has 7 heteroatoms. The van der Waals surface area contributed by atoms with Gasteiger partial charge in [0.15, 0.2) is 0 Å². The van der Waals surface area contributed by atoms with Gasteiger partial charge in [-0.1, -0.05) is 0 Å². The smallest absolute Gasteiger partial charge is 0.228 e. The first-order chi connectivity index (χ1) is 7.65. The van der Waals surface area contributed by atoms with E-state index in [4.69, 9.17) is 16.3 Å². The van der Waals surface area contributed by atoms with Crippen molar-refractivity contribution in [3.8, 4) is 0 Å². The number of nitrogens with one attached hydrogen (secondary N) is 2. The van der Waals surface area contributed by atoms with Gasteiger partial charge in [0.05, 0.1) is 6.10 Å². The fraction of sp³-hybridized carbons (Fsp3) is 0.667. The molecule has 0 radical (unpaired) electrons. The lowest BCUT2D eigenvalue weighted by atomic mass is 10.4. The van der Waals surface area contributed by atoms with Crippen LogP contribution in [0.15, 0.2) is 0 Å². The zero-order valence-corrected chi connectivity index (χ0v) is 10.4. The third kappa shape index (κ3) is 4.16. The average molecular weight is 246 g/mol. The minimum Gasteiger partial charge on any atom is -0.377 e. The van der Waals surface area contributed by atoms with Gasteiger partial charge >= 0.3 is 0 Å². The molecule has 0 saturated carbocycles. The number of halogens is 1. The van der Waals surface area contributed by atoms with Crippen molar-refractivity contribution < 1.29 is 4.74 Å². The molecule has 0 aromatic carbocycles. The number of hydrogen-bond donors (Lipinski definition) is 2. The Kier molecular flexibility index (Phi) is 5.21. The van der Waals surface area contributed by atoms with Crippen molar-refractivity contribution in [1.82, 2.24) is 15.0 Å². The molecule has 0 saturated heterocycles. The maximum Gasteiger partial charge on any atom is 0.228 e. The molecule has 6 nitrogen and oxygen atoms in total. The maximum absolute atomic E-state index is 5.73. The normalized spacial score (nSPS) is 12.2. The number of aromatic nitrogens is 3. The van der Waals surface area contributed by atoms with E-state index in [2.05, 4.69) is 25.6 Å². The lowest BCUT2D eigenvalue weighted by Gasteiger charge is -2.12. The van der Waals surface area contributed by atoms with Crippen LogP contribution in [0.1, 0.15) is 13.8 Å². The predicted octanol–water partition coefficient (Wildman–Crippen LogP) is 1.40. The SMILES string of the molecule is CCOC(C)CNc1nc(Cl)nc(NC)n1. The van der Waals surface area contributed by atoms with Crippen molar-refractivity contribution >= 4 is 23.5 Å². The molecule has 16 heavy (non-hydrogen) atoms. The number of ether oxygens (including phenoxy) is 1. The molecule has 1 aromatic heterocycles. The van der Waals surface area contributed by atoms with E-state index in [1.165, 1.54) is 0 Å². The highest BCUT2D eigenvalue weighted by atomic mass is 35.5. The molecule has 1 unspecified atom stereocenters. The third-order valence-electron chi connectivity index (χ3n) is 1.83. The highest BCUT2D eigenvalue weighted by molar-refractivity contribution is 6.28. The molecule has 2 N–H and O–H groups in total. The number of hydrogen-bond acceptors (Lipinski definition) is 6. The van der Waals surface area contributed by atoms with Crippen LogP contribution in [0.2, 0.25) is 5.28 Å². The molecule has 0 aliphatic rings. The zero-order chi connectivity index (χ0) is 12.0. The lowest BCUT2D eigenvalue weighted by Crippen LogP contribution is -2.21. The second kappa shape index (κ2) is 6.44. The van der Waals surface area contributed by atoms with Crippen LogP contribution in [0.4, 0.5) is 11.9 Å². The van der Waals surface area contributed by atoms with Crippen molar-refractivity contribution in [1.29, 1.82) is 0 Å². The minimum absolute atomic E-state index is 0.0959. The van der Waals surface area contributed by atoms with Gasteiger partial charge in [0, 0.05) is 20.2 Å². The van der Waals surface area contributed by atoms with Crippen LogP contribution in [0, 0.1) is 0 Å². The molecule has 1 heterocycles. The Morgan fingerprint density at radius 2 is 2.00 bits per heavy atom. The number of nitrogens with zero attached hydrogens (tertiary/aromatic N) is 3. The molecule has 0 bridgehead atoms. The fourth-order valence-electron chi connectivity index (χ4n) is 1.12. The fourth-order valence-corrected chi connectivity index (χ4v) is 1.28. The second-order valence-corrected chi connectivity index (χ2v) is 3.49. The summed E-state index contributed by atoms with van der Waals surface area (Å²) in [6, 6.07) is 0. The Bertz CT molecular complexity index is 336. The molecule has 0 fully saturated rings. The van der Waals surface area contributed by atoms with Gasteiger partial charge < -0.3 is 15.4 Å². The molecule has 0 spiro atoms. The Morgan fingerprint density at radius 1 is 1.31 bits per heavy atom. The van der Waals surface area contributed by atoms with Gasteiger partial charge in [0.2, 0.25) is 17.2 Å². The van der Waals surface area contributed by atoms with Gasteiger partial charge in [-0.2, -0.15) is 15.0 Å². The zero-order valence-electron chi connectivity index (χ0n) is 9.62. The number of anilines is 2. The van der Waals surface area contributed by atoms with Crippen molar-refractivity contribution in [2.45, 2.75) is 20.0 Å². The van der Waals surface area contributed by atoms with Gasteiger partial charge in [0.25, 0.3) is 0 Å². The van der Waals surface area contributed by atoms with E-state index in [9.17, 15) is 0 Å². The molecular weight excluding hydrogens is 230 g/mol. The van der Waals surface area contributed by atoms with E-state index >= 15 is 0 Å². The molecule has 90 valence electrons. The molecule has 0 aliphatic carbocycles. The van der Waals surface area contributed by atoms with Crippen molar-refractivity contribution in [2.24, 2.45) is 0 Å². The summed E-state index contributed by atoms with van der Waals surface area (Å²) in [7, 11) is 1.72. The summed E-state index contributed by atoms with van der Waals surface area (Å²) in [4.78, 5) is 11.9. The summed E-state index contributed by atoms with van der Waals surface area (Å²) in [5, 5.41) is 5.99. The van der Waals surface area contributed by atoms with Crippen LogP contribution in [0.5, 0.6) is 0 Å². The lowest BCUT2D eigenvalue weighted by molar-refractivity contribution is 0.0854. The average Bonchev–Trinajstić information content (AvgIpc) is 2.26. The Morgan fingerprint density at radius 3 is 2.62 bits per heavy atom. The van der Waals surface area contributed by atoms with Gasteiger partial charge in [-0.05, 0) is 25.4 Å². The van der Waals surface area contributed by atoms with Crippen LogP contribution in [0.3, 0.4) is 0 Å². The van der Waals surface area contributed by atoms with Crippen LogP contribution >= 0.6 is 11.6 Å². The minimum atomic E-state index is 0.0959. The van der Waals surface area contributed by atoms with Gasteiger partial charge in [-0.25, -0.2) is 0 Å².